The number of aryl methyl sites for hydroxylation is 1. The van der Waals surface area contributed by atoms with E-state index in [-0.39, 0.29) is 6.04 Å². The molecule has 1 aliphatic carbocycles. The molecule has 0 aliphatic heterocycles. The van der Waals surface area contributed by atoms with E-state index < -0.39 is 0 Å². The van der Waals surface area contributed by atoms with E-state index in [9.17, 15) is 0 Å². The Morgan fingerprint density at radius 2 is 2.15 bits per heavy atom. The molecule has 0 amide bonds. The van der Waals surface area contributed by atoms with Crippen LogP contribution >= 0.6 is 0 Å². The molecule has 2 rings (SSSR count). The molecule has 0 bridgehead atoms. The minimum absolute atomic E-state index is 0.252. The molecule has 1 heterocycles. The zero-order chi connectivity index (χ0) is 9.26. The van der Waals surface area contributed by atoms with Gasteiger partial charge in [-0.3, -0.25) is 0 Å². The second-order valence-electron chi connectivity index (χ2n) is 4.11. The second-order valence-corrected chi connectivity index (χ2v) is 4.11. The van der Waals surface area contributed by atoms with Crippen molar-refractivity contribution in [3.05, 3.63) is 24.0 Å². The molecule has 1 aromatic rings. The van der Waals surface area contributed by atoms with Crippen molar-refractivity contribution in [1.29, 1.82) is 0 Å². The van der Waals surface area contributed by atoms with E-state index in [0.717, 1.165) is 0 Å². The van der Waals surface area contributed by atoms with E-state index in [4.69, 9.17) is 5.73 Å². The van der Waals surface area contributed by atoms with E-state index in [0.29, 0.717) is 5.92 Å². The Bertz CT molecular complexity index is 271. The van der Waals surface area contributed by atoms with Gasteiger partial charge >= 0.3 is 0 Å². The van der Waals surface area contributed by atoms with Crippen molar-refractivity contribution in [2.24, 2.45) is 18.7 Å². The Morgan fingerprint density at radius 3 is 2.69 bits per heavy atom. The van der Waals surface area contributed by atoms with Crippen molar-refractivity contribution in [3.8, 4) is 0 Å². The molecule has 1 aliphatic rings. The number of nitrogens with zero attached hydrogens (tertiary/aromatic N) is 1. The second kappa shape index (κ2) is 3.54. The molecule has 2 nitrogen and oxygen atoms in total. The normalized spacial score (nSPS) is 20.8. The SMILES string of the molecule is Cn1cccc1C(N)C1CCCC1. The van der Waals surface area contributed by atoms with Crippen LogP contribution < -0.4 is 5.73 Å². The van der Waals surface area contributed by atoms with E-state index in [1.54, 1.807) is 0 Å². The summed E-state index contributed by atoms with van der Waals surface area (Å²) in [5, 5.41) is 0. The van der Waals surface area contributed by atoms with Crippen LogP contribution in [0.3, 0.4) is 0 Å². The van der Waals surface area contributed by atoms with Gasteiger partial charge in [0.25, 0.3) is 0 Å². The van der Waals surface area contributed by atoms with Gasteiger partial charge in [-0.05, 0) is 30.9 Å². The standard InChI is InChI=1S/C11H18N2/c1-13-8-4-7-10(13)11(12)9-5-2-3-6-9/h4,7-9,11H,2-3,5-6,12H2,1H3. The predicted molar refractivity (Wildman–Crippen MR) is 54.3 cm³/mol. The molecular weight excluding hydrogens is 160 g/mol. The maximum absolute atomic E-state index is 6.22. The van der Waals surface area contributed by atoms with Crippen LogP contribution in [-0.4, -0.2) is 4.57 Å². The van der Waals surface area contributed by atoms with Gasteiger partial charge in [0, 0.05) is 25.0 Å². The molecule has 1 saturated carbocycles. The summed E-state index contributed by atoms with van der Waals surface area (Å²) in [7, 11) is 2.07. The van der Waals surface area contributed by atoms with Gasteiger partial charge in [-0.1, -0.05) is 12.8 Å². The average molecular weight is 178 g/mol. The van der Waals surface area contributed by atoms with Gasteiger partial charge in [-0.2, -0.15) is 0 Å². The summed E-state index contributed by atoms with van der Waals surface area (Å²) in [6.07, 6.45) is 7.43. The maximum Gasteiger partial charge on any atom is 0.0478 e. The Balaban J connectivity index is 2.12. The summed E-state index contributed by atoms with van der Waals surface area (Å²) in [4.78, 5) is 0. The van der Waals surface area contributed by atoms with Crippen LogP contribution in [0, 0.1) is 5.92 Å². The lowest BCUT2D eigenvalue weighted by molar-refractivity contribution is 0.428. The van der Waals surface area contributed by atoms with E-state index >= 15 is 0 Å². The lowest BCUT2D eigenvalue weighted by Gasteiger charge is -2.19. The zero-order valence-electron chi connectivity index (χ0n) is 8.24. The molecule has 0 radical (unpaired) electrons. The third-order valence-corrected chi connectivity index (χ3v) is 3.23. The molecule has 2 heteroatoms. The molecule has 0 saturated heterocycles. The summed E-state index contributed by atoms with van der Waals surface area (Å²) >= 11 is 0. The minimum Gasteiger partial charge on any atom is -0.353 e. The van der Waals surface area contributed by atoms with Crippen LogP contribution in [0.25, 0.3) is 0 Å². The lowest BCUT2D eigenvalue weighted by Crippen LogP contribution is -2.21. The summed E-state index contributed by atoms with van der Waals surface area (Å²) < 4.78 is 2.14. The first-order chi connectivity index (χ1) is 6.29. The zero-order valence-corrected chi connectivity index (χ0v) is 8.24. The first-order valence-corrected chi connectivity index (χ1v) is 5.16. The van der Waals surface area contributed by atoms with Crippen LogP contribution in [0.4, 0.5) is 0 Å². The molecule has 1 atom stereocenters. The van der Waals surface area contributed by atoms with E-state index in [2.05, 4.69) is 29.9 Å². The van der Waals surface area contributed by atoms with Gasteiger partial charge in [0.2, 0.25) is 0 Å². The van der Waals surface area contributed by atoms with Crippen molar-refractivity contribution in [1.82, 2.24) is 4.57 Å². The largest absolute Gasteiger partial charge is 0.353 e. The predicted octanol–water partition coefficient (Wildman–Crippen LogP) is 2.22. The Kier molecular flexibility index (Phi) is 2.40. The van der Waals surface area contributed by atoms with Gasteiger partial charge in [-0.25, -0.2) is 0 Å². The highest BCUT2D eigenvalue weighted by Crippen LogP contribution is 2.33. The van der Waals surface area contributed by atoms with E-state index in [1.807, 2.05) is 0 Å². The molecule has 1 fully saturated rings. The van der Waals surface area contributed by atoms with Crippen molar-refractivity contribution in [3.63, 3.8) is 0 Å². The fourth-order valence-electron chi connectivity index (χ4n) is 2.38. The van der Waals surface area contributed by atoms with Gasteiger partial charge in [-0.15, -0.1) is 0 Å². The molecule has 1 unspecified atom stereocenters. The Labute approximate surface area is 79.7 Å². The molecule has 2 N–H and O–H groups in total. The topological polar surface area (TPSA) is 30.9 Å². The lowest BCUT2D eigenvalue weighted by atomic mass is 9.96. The first kappa shape index (κ1) is 8.82. The van der Waals surface area contributed by atoms with Crippen molar-refractivity contribution in [2.75, 3.05) is 0 Å². The quantitative estimate of drug-likeness (QED) is 0.739. The van der Waals surface area contributed by atoms with Crippen LogP contribution in [0.1, 0.15) is 37.4 Å². The highest BCUT2D eigenvalue weighted by Gasteiger charge is 2.24. The van der Waals surface area contributed by atoms with Crippen molar-refractivity contribution < 1.29 is 0 Å². The fraction of sp³-hybridized carbons (Fsp3) is 0.636. The highest BCUT2D eigenvalue weighted by molar-refractivity contribution is 5.12. The number of nitrogens with two attached hydrogens (primary N) is 1. The van der Waals surface area contributed by atoms with Gasteiger partial charge in [0.1, 0.15) is 0 Å². The maximum atomic E-state index is 6.22. The molecular formula is C11H18N2. The van der Waals surface area contributed by atoms with E-state index in [1.165, 1.54) is 31.4 Å². The number of hydrogen-bond acceptors (Lipinski definition) is 1. The van der Waals surface area contributed by atoms with Crippen LogP contribution in [-0.2, 0) is 7.05 Å². The summed E-state index contributed by atoms with van der Waals surface area (Å²) in [6, 6.07) is 4.47. The molecule has 0 spiro atoms. The molecule has 72 valence electrons. The molecule has 0 aromatic carbocycles. The van der Waals surface area contributed by atoms with Crippen molar-refractivity contribution >= 4 is 0 Å². The van der Waals surface area contributed by atoms with Gasteiger partial charge in [0.15, 0.2) is 0 Å². The van der Waals surface area contributed by atoms with Crippen LogP contribution in [0.2, 0.25) is 0 Å². The third-order valence-electron chi connectivity index (χ3n) is 3.23. The Morgan fingerprint density at radius 1 is 1.46 bits per heavy atom. The van der Waals surface area contributed by atoms with Gasteiger partial charge in [0.05, 0.1) is 0 Å². The summed E-state index contributed by atoms with van der Waals surface area (Å²) in [5.41, 5.74) is 7.51. The number of hydrogen-bond donors (Lipinski definition) is 1. The van der Waals surface area contributed by atoms with Crippen LogP contribution in [0.5, 0.6) is 0 Å². The highest BCUT2D eigenvalue weighted by atomic mass is 15.0. The minimum atomic E-state index is 0.252. The monoisotopic (exact) mass is 178 g/mol. The number of rotatable bonds is 2. The average Bonchev–Trinajstić information content (AvgIpc) is 2.72. The van der Waals surface area contributed by atoms with Crippen LogP contribution in [0.15, 0.2) is 18.3 Å². The summed E-state index contributed by atoms with van der Waals surface area (Å²) in [6.45, 7) is 0. The molecule has 13 heavy (non-hydrogen) atoms. The first-order valence-electron chi connectivity index (χ1n) is 5.16. The fourth-order valence-corrected chi connectivity index (χ4v) is 2.38. The Hall–Kier alpha value is -0.760. The van der Waals surface area contributed by atoms with Crippen molar-refractivity contribution in [2.45, 2.75) is 31.7 Å². The number of aromatic nitrogens is 1. The summed E-state index contributed by atoms with van der Waals surface area (Å²) in [5.74, 6) is 0.716. The van der Waals surface area contributed by atoms with Gasteiger partial charge < -0.3 is 10.3 Å². The molecule has 1 aromatic heterocycles. The third kappa shape index (κ3) is 1.63. The smallest absolute Gasteiger partial charge is 0.0478 e.